The van der Waals surface area contributed by atoms with E-state index >= 15 is 0 Å². The fourth-order valence-electron chi connectivity index (χ4n) is 4.76. The van der Waals surface area contributed by atoms with Gasteiger partial charge in [0.05, 0.1) is 35.0 Å². The molecule has 0 spiro atoms. The molecule has 0 unspecified atom stereocenters. The van der Waals surface area contributed by atoms with Crippen LogP contribution in [-0.4, -0.2) is 78.8 Å². The van der Waals surface area contributed by atoms with Gasteiger partial charge in [0.25, 0.3) is 5.91 Å². The molecule has 2 amide bonds. The Morgan fingerprint density at radius 2 is 1.87 bits per heavy atom. The zero-order chi connectivity index (χ0) is 28.5. The zero-order valence-electron chi connectivity index (χ0n) is 23.7. The first-order valence-corrected chi connectivity index (χ1v) is 12.8. The van der Waals surface area contributed by atoms with Crippen molar-refractivity contribution < 1.29 is 19.1 Å². The summed E-state index contributed by atoms with van der Waals surface area (Å²) in [6, 6.07) is 5.43. The minimum absolute atomic E-state index is 0.320. The first kappa shape index (κ1) is 27.7. The molecule has 1 aliphatic heterocycles. The highest BCUT2D eigenvalue weighted by atomic mass is 16.6. The lowest BCUT2D eigenvalue weighted by Crippen LogP contribution is -2.50. The van der Waals surface area contributed by atoms with Gasteiger partial charge in [-0.05, 0) is 51.5 Å². The Morgan fingerprint density at radius 3 is 2.49 bits per heavy atom. The van der Waals surface area contributed by atoms with E-state index in [-0.39, 0.29) is 12.0 Å². The molecular weight excluding hydrogens is 498 g/mol. The van der Waals surface area contributed by atoms with Crippen LogP contribution in [0.1, 0.15) is 42.3 Å². The smallest absolute Gasteiger partial charge is 0.410 e. The predicted octanol–water partition coefficient (Wildman–Crippen LogP) is 3.83. The lowest BCUT2D eigenvalue weighted by atomic mass is 10.0. The summed E-state index contributed by atoms with van der Waals surface area (Å²) >= 11 is 0. The molecule has 2 aromatic carbocycles. The number of anilines is 3. The molecule has 1 saturated heterocycles. The number of nitrogen functional groups attached to an aromatic ring is 1. The second kappa shape index (κ2) is 10.8. The molecule has 3 N–H and O–H groups in total. The Labute approximate surface area is 228 Å². The zero-order valence-corrected chi connectivity index (χ0v) is 23.7. The van der Waals surface area contributed by atoms with Gasteiger partial charge in [-0.3, -0.25) is 14.5 Å². The molecule has 0 saturated carbocycles. The molecule has 0 aliphatic carbocycles. The molecule has 4 rings (SSSR count). The molecule has 208 valence electrons. The van der Waals surface area contributed by atoms with Crippen LogP contribution in [0.15, 0.2) is 29.4 Å². The molecular formula is C28H37N7O4. The number of nitrogens with zero attached hydrogens (tertiary/aromatic N) is 5. The van der Waals surface area contributed by atoms with Crippen molar-refractivity contribution in [1.29, 1.82) is 0 Å². The van der Waals surface area contributed by atoms with Crippen LogP contribution in [0.3, 0.4) is 0 Å². The Morgan fingerprint density at radius 1 is 1.18 bits per heavy atom. The van der Waals surface area contributed by atoms with E-state index in [2.05, 4.69) is 20.3 Å². The van der Waals surface area contributed by atoms with Gasteiger partial charge in [-0.15, -0.1) is 0 Å². The van der Waals surface area contributed by atoms with Gasteiger partial charge >= 0.3 is 6.09 Å². The van der Waals surface area contributed by atoms with Gasteiger partial charge in [-0.25, -0.2) is 4.79 Å². The first-order chi connectivity index (χ1) is 18.4. The van der Waals surface area contributed by atoms with Crippen molar-refractivity contribution in [1.82, 2.24) is 14.7 Å². The monoisotopic (exact) mass is 535 g/mol. The van der Waals surface area contributed by atoms with Crippen molar-refractivity contribution in [3.8, 4) is 5.75 Å². The molecule has 2 heterocycles. The summed E-state index contributed by atoms with van der Waals surface area (Å²) < 4.78 is 12.9. The largest absolute Gasteiger partial charge is 0.494 e. The van der Waals surface area contributed by atoms with Crippen LogP contribution in [-0.2, 0) is 11.8 Å². The summed E-state index contributed by atoms with van der Waals surface area (Å²) in [5, 5.41) is 8.26. The molecule has 1 aromatic heterocycles. The highest BCUT2D eigenvalue weighted by molar-refractivity contribution is 6.13. The van der Waals surface area contributed by atoms with Gasteiger partial charge < -0.3 is 30.3 Å². The van der Waals surface area contributed by atoms with Gasteiger partial charge in [0, 0.05) is 63.9 Å². The number of aromatic nitrogens is 2. The van der Waals surface area contributed by atoms with Crippen LogP contribution >= 0.6 is 0 Å². The second-order valence-electron chi connectivity index (χ2n) is 10.6. The quantitative estimate of drug-likeness (QED) is 0.375. The van der Waals surface area contributed by atoms with E-state index in [4.69, 9.17) is 15.2 Å². The summed E-state index contributed by atoms with van der Waals surface area (Å²) in [6.07, 6.45) is 3.20. The average Bonchev–Trinajstić information content (AvgIpc) is 3.26. The predicted molar refractivity (Wildman–Crippen MR) is 154 cm³/mol. The number of aryl methyl sites for hydroxylation is 2. The second-order valence-corrected chi connectivity index (χ2v) is 10.6. The number of methoxy groups -OCH3 is 1. The third-order valence-electron chi connectivity index (χ3n) is 6.54. The Bertz CT molecular complexity index is 1430. The number of fused-ring (bicyclic) bond motifs is 1. The number of carbonyl (C=O) groups is 2. The Hall–Kier alpha value is -4.28. The number of carbonyl (C=O) groups excluding carboxylic acids is 2. The average molecular weight is 536 g/mol. The van der Waals surface area contributed by atoms with Crippen molar-refractivity contribution in [2.75, 3.05) is 56.3 Å². The molecule has 0 bridgehead atoms. The van der Waals surface area contributed by atoms with Gasteiger partial charge in [0.1, 0.15) is 5.60 Å². The molecule has 39 heavy (non-hydrogen) atoms. The minimum Gasteiger partial charge on any atom is -0.494 e. The number of nitrogens with two attached hydrogens (primary N) is 1. The van der Waals surface area contributed by atoms with Crippen molar-refractivity contribution in [2.45, 2.75) is 33.3 Å². The summed E-state index contributed by atoms with van der Waals surface area (Å²) in [5.41, 5.74) is 10.4. The van der Waals surface area contributed by atoms with Crippen molar-refractivity contribution in [2.24, 2.45) is 12.0 Å². The van der Waals surface area contributed by atoms with Gasteiger partial charge in [-0.2, -0.15) is 5.10 Å². The standard InChI is InChI=1S/C28H37N7O4/c1-17-14-21(25(38-7)20-16-33(6)32-24(17)20)31-26(36)18-8-9-22(19(15-30-5)23(18)29)34-10-12-35(13-11-34)27(37)39-28(2,3)4/h8-9,14-16H,10-13,29H2,1-7H3,(H,31,36). The number of rotatable bonds is 5. The van der Waals surface area contributed by atoms with Crippen LogP contribution < -0.4 is 20.7 Å². The number of hydrogen-bond acceptors (Lipinski definition) is 8. The van der Waals surface area contributed by atoms with Crippen LogP contribution in [0, 0.1) is 6.92 Å². The van der Waals surface area contributed by atoms with Crippen LogP contribution in [0.4, 0.5) is 21.9 Å². The molecule has 1 aliphatic rings. The van der Waals surface area contributed by atoms with E-state index in [0.29, 0.717) is 54.4 Å². The normalized spacial score (nSPS) is 14.2. The number of ether oxygens (including phenoxy) is 2. The summed E-state index contributed by atoms with van der Waals surface area (Å²) in [7, 11) is 5.06. The summed E-state index contributed by atoms with van der Waals surface area (Å²) in [5.74, 6) is 0.172. The fourth-order valence-corrected chi connectivity index (χ4v) is 4.76. The highest BCUT2D eigenvalue weighted by Gasteiger charge is 2.28. The maximum atomic E-state index is 13.4. The summed E-state index contributed by atoms with van der Waals surface area (Å²) in [4.78, 5) is 34.0. The molecule has 1 fully saturated rings. The molecule has 3 aromatic rings. The third kappa shape index (κ3) is 5.76. The Kier molecular flexibility index (Phi) is 7.71. The molecule has 0 radical (unpaired) electrons. The van der Waals surface area contributed by atoms with E-state index in [0.717, 1.165) is 22.2 Å². The van der Waals surface area contributed by atoms with E-state index in [1.165, 1.54) is 0 Å². The Balaban J connectivity index is 1.58. The van der Waals surface area contributed by atoms with Crippen molar-refractivity contribution >= 4 is 46.2 Å². The van der Waals surface area contributed by atoms with Gasteiger partial charge in [0.15, 0.2) is 5.75 Å². The van der Waals surface area contributed by atoms with E-state index in [9.17, 15) is 9.59 Å². The number of nitrogens with one attached hydrogen (secondary N) is 1. The summed E-state index contributed by atoms with van der Waals surface area (Å²) in [6.45, 7) is 9.70. The minimum atomic E-state index is -0.545. The van der Waals surface area contributed by atoms with E-state index in [1.54, 1.807) is 36.0 Å². The third-order valence-corrected chi connectivity index (χ3v) is 6.54. The lowest BCUT2D eigenvalue weighted by Gasteiger charge is -2.37. The van der Waals surface area contributed by atoms with Gasteiger partial charge in [-0.1, -0.05) is 0 Å². The number of hydrogen-bond donors (Lipinski definition) is 2. The van der Waals surface area contributed by atoms with Crippen molar-refractivity contribution in [3.05, 3.63) is 41.1 Å². The first-order valence-electron chi connectivity index (χ1n) is 12.8. The highest BCUT2D eigenvalue weighted by Crippen LogP contribution is 2.36. The maximum Gasteiger partial charge on any atom is 0.410 e. The molecule has 11 nitrogen and oxygen atoms in total. The number of aliphatic imine (C=N–C) groups is 1. The van der Waals surface area contributed by atoms with E-state index < -0.39 is 5.60 Å². The van der Waals surface area contributed by atoms with Crippen LogP contribution in [0.5, 0.6) is 5.75 Å². The maximum absolute atomic E-state index is 13.4. The van der Waals surface area contributed by atoms with Crippen LogP contribution in [0.25, 0.3) is 10.9 Å². The number of benzene rings is 2. The molecule has 11 heteroatoms. The van der Waals surface area contributed by atoms with Crippen LogP contribution in [0.2, 0.25) is 0 Å². The lowest BCUT2D eigenvalue weighted by molar-refractivity contribution is 0.0240. The fraction of sp³-hybridized carbons (Fsp3) is 0.429. The van der Waals surface area contributed by atoms with Gasteiger partial charge in [0.2, 0.25) is 0 Å². The molecule has 0 atom stereocenters. The SMILES string of the molecule is CN=Cc1c(N2CCN(C(=O)OC(C)(C)C)CC2)ccc(C(=O)Nc2cc(C)c3nn(C)cc3c2OC)c1N. The number of piperazine rings is 1. The number of amides is 2. The van der Waals surface area contributed by atoms with E-state index in [1.807, 2.05) is 53.1 Å². The van der Waals surface area contributed by atoms with Crippen molar-refractivity contribution in [3.63, 3.8) is 0 Å². The topological polar surface area (TPSA) is 127 Å².